The molecule has 0 aliphatic heterocycles. The Morgan fingerprint density at radius 2 is 1.67 bits per heavy atom. The number of amides is 1. The number of anilines is 2. The maximum Gasteiger partial charge on any atom is 0.274 e. The molecule has 3 rings (SSSR count). The number of halogens is 1. The van der Waals surface area contributed by atoms with Gasteiger partial charge in [0, 0.05) is 24.7 Å². The molecule has 0 aliphatic rings. The summed E-state index contributed by atoms with van der Waals surface area (Å²) in [6, 6.07) is 17.1. The summed E-state index contributed by atoms with van der Waals surface area (Å²) >= 11 is 0. The molecule has 0 spiro atoms. The molecule has 0 aliphatic carbocycles. The van der Waals surface area contributed by atoms with Gasteiger partial charge in [-0.1, -0.05) is 42.5 Å². The van der Waals surface area contributed by atoms with Crippen LogP contribution in [0.5, 0.6) is 0 Å². The minimum absolute atomic E-state index is 0.117. The zero-order chi connectivity index (χ0) is 19.2. The van der Waals surface area contributed by atoms with Crippen molar-refractivity contribution in [3.8, 4) is 11.4 Å². The molecule has 2 aromatic carbocycles. The van der Waals surface area contributed by atoms with Crippen LogP contribution in [0.3, 0.4) is 0 Å². The molecular weight excluding hydrogens is 343 g/mol. The number of aromatic nitrogens is 2. The first-order valence-corrected chi connectivity index (χ1v) is 8.87. The van der Waals surface area contributed by atoms with Crippen LogP contribution in [0.15, 0.2) is 60.7 Å². The molecule has 0 saturated carbocycles. The molecule has 0 saturated heterocycles. The second kappa shape index (κ2) is 8.40. The Morgan fingerprint density at radius 3 is 2.33 bits per heavy atom. The Kier molecular flexibility index (Phi) is 5.76. The Balaban J connectivity index is 2.01. The Labute approximate surface area is 157 Å². The van der Waals surface area contributed by atoms with E-state index in [1.165, 1.54) is 12.1 Å². The highest BCUT2D eigenvalue weighted by molar-refractivity contribution is 6.03. The van der Waals surface area contributed by atoms with Crippen LogP contribution in [0.1, 0.15) is 24.3 Å². The molecule has 0 radical (unpaired) electrons. The maximum absolute atomic E-state index is 13.9. The van der Waals surface area contributed by atoms with Crippen molar-refractivity contribution in [2.24, 2.45) is 0 Å². The predicted octanol–water partition coefficient (Wildman–Crippen LogP) is 4.38. The standard InChI is InChI=1S/C21H21FN4O/c1-3-26(4-2)19-14-18(21(27)24-17-13-9-8-12-16(17)22)23-20(25-19)15-10-6-5-7-11-15/h5-14H,3-4H2,1-2H3,(H,24,27). The number of nitrogens with one attached hydrogen (secondary N) is 1. The lowest BCUT2D eigenvalue weighted by Gasteiger charge is -2.21. The molecular formula is C21H21FN4O. The Bertz CT molecular complexity index is 926. The minimum atomic E-state index is -0.493. The van der Waals surface area contributed by atoms with E-state index in [0.29, 0.717) is 11.6 Å². The van der Waals surface area contributed by atoms with E-state index < -0.39 is 11.7 Å². The highest BCUT2D eigenvalue weighted by Crippen LogP contribution is 2.21. The second-order valence-corrected chi connectivity index (χ2v) is 5.91. The fourth-order valence-corrected chi connectivity index (χ4v) is 2.73. The van der Waals surface area contributed by atoms with E-state index in [1.807, 2.05) is 49.1 Å². The molecule has 1 aromatic heterocycles. The highest BCUT2D eigenvalue weighted by Gasteiger charge is 2.16. The zero-order valence-corrected chi connectivity index (χ0v) is 15.3. The normalized spacial score (nSPS) is 10.5. The van der Waals surface area contributed by atoms with E-state index in [1.54, 1.807) is 18.2 Å². The SMILES string of the molecule is CCN(CC)c1cc(C(=O)Nc2ccccc2F)nc(-c2ccccc2)n1. The largest absolute Gasteiger partial charge is 0.357 e. The molecule has 0 bridgehead atoms. The fraction of sp³-hybridized carbons (Fsp3) is 0.190. The van der Waals surface area contributed by atoms with Crippen LogP contribution in [0.2, 0.25) is 0 Å². The number of nitrogens with zero attached hydrogens (tertiary/aromatic N) is 3. The Morgan fingerprint density at radius 1 is 1.00 bits per heavy atom. The molecule has 1 N–H and O–H groups in total. The van der Waals surface area contributed by atoms with Gasteiger partial charge in [-0.25, -0.2) is 14.4 Å². The third kappa shape index (κ3) is 4.28. The third-order valence-electron chi connectivity index (χ3n) is 4.19. The van der Waals surface area contributed by atoms with Gasteiger partial charge in [-0.2, -0.15) is 0 Å². The van der Waals surface area contributed by atoms with E-state index in [0.717, 1.165) is 18.7 Å². The molecule has 27 heavy (non-hydrogen) atoms. The second-order valence-electron chi connectivity index (χ2n) is 5.91. The summed E-state index contributed by atoms with van der Waals surface area (Å²) in [5, 5.41) is 2.58. The van der Waals surface area contributed by atoms with Crippen molar-refractivity contribution >= 4 is 17.4 Å². The number of carbonyl (C=O) groups is 1. The third-order valence-corrected chi connectivity index (χ3v) is 4.19. The summed E-state index contributed by atoms with van der Waals surface area (Å²) in [4.78, 5) is 23.8. The van der Waals surface area contributed by atoms with Crippen molar-refractivity contribution in [2.75, 3.05) is 23.3 Å². The van der Waals surface area contributed by atoms with Crippen LogP contribution in [0.25, 0.3) is 11.4 Å². The van der Waals surface area contributed by atoms with Crippen LogP contribution in [0, 0.1) is 5.82 Å². The fourth-order valence-electron chi connectivity index (χ4n) is 2.73. The van der Waals surface area contributed by atoms with Gasteiger partial charge in [0.2, 0.25) is 0 Å². The van der Waals surface area contributed by atoms with E-state index in [-0.39, 0.29) is 11.4 Å². The number of carbonyl (C=O) groups excluding carboxylic acids is 1. The van der Waals surface area contributed by atoms with Crippen LogP contribution >= 0.6 is 0 Å². The van der Waals surface area contributed by atoms with Gasteiger partial charge < -0.3 is 10.2 Å². The van der Waals surface area contributed by atoms with E-state index in [9.17, 15) is 9.18 Å². The van der Waals surface area contributed by atoms with Crippen molar-refractivity contribution in [3.63, 3.8) is 0 Å². The van der Waals surface area contributed by atoms with Crippen LogP contribution in [-0.2, 0) is 0 Å². The van der Waals surface area contributed by atoms with Crippen LogP contribution < -0.4 is 10.2 Å². The van der Waals surface area contributed by atoms with Gasteiger partial charge >= 0.3 is 0 Å². The molecule has 0 atom stereocenters. The van der Waals surface area contributed by atoms with Gasteiger partial charge in [0.25, 0.3) is 5.91 Å². The van der Waals surface area contributed by atoms with Gasteiger partial charge in [-0.15, -0.1) is 0 Å². The number of para-hydroxylation sites is 1. The van der Waals surface area contributed by atoms with E-state index in [2.05, 4.69) is 15.3 Å². The number of rotatable bonds is 6. The van der Waals surface area contributed by atoms with Crippen LogP contribution in [0.4, 0.5) is 15.9 Å². The first-order valence-electron chi connectivity index (χ1n) is 8.87. The lowest BCUT2D eigenvalue weighted by molar-refractivity contribution is 0.102. The van der Waals surface area contributed by atoms with Gasteiger partial charge in [-0.3, -0.25) is 4.79 Å². The summed E-state index contributed by atoms with van der Waals surface area (Å²) in [6.45, 7) is 5.53. The predicted molar refractivity (Wildman–Crippen MR) is 105 cm³/mol. The van der Waals surface area contributed by atoms with Crippen LogP contribution in [-0.4, -0.2) is 29.0 Å². The van der Waals surface area contributed by atoms with Crippen molar-refractivity contribution in [1.82, 2.24) is 9.97 Å². The van der Waals surface area contributed by atoms with Crippen molar-refractivity contribution < 1.29 is 9.18 Å². The molecule has 1 amide bonds. The monoisotopic (exact) mass is 364 g/mol. The first kappa shape index (κ1) is 18.5. The molecule has 3 aromatic rings. The van der Waals surface area contributed by atoms with Gasteiger partial charge in [0.15, 0.2) is 5.82 Å². The highest BCUT2D eigenvalue weighted by atomic mass is 19.1. The topological polar surface area (TPSA) is 58.1 Å². The zero-order valence-electron chi connectivity index (χ0n) is 15.3. The summed E-state index contributed by atoms with van der Waals surface area (Å²) in [7, 11) is 0. The van der Waals surface area contributed by atoms with Gasteiger partial charge in [0.05, 0.1) is 5.69 Å². The summed E-state index contributed by atoms with van der Waals surface area (Å²) < 4.78 is 13.9. The average molecular weight is 364 g/mol. The molecule has 138 valence electrons. The smallest absolute Gasteiger partial charge is 0.274 e. The molecule has 0 unspecified atom stereocenters. The quantitative estimate of drug-likeness (QED) is 0.705. The number of hydrogen-bond donors (Lipinski definition) is 1. The van der Waals surface area contributed by atoms with Gasteiger partial charge in [-0.05, 0) is 26.0 Å². The van der Waals surface area contributed by atoms with Crippen molar-refractivity contribution in [3.05, 3.63) is 72.2 Å². The summed E-state index contributed by atoms with van der Waals surface area (Å²) in [5.41, 5.74) is 1.12. The van der Waals surface area contributed by atoms with E-state index in [4.69, 9.17) is 0 Å². The van der Waals surface area contributed by atoms with E-state index >= 15 is 0 Å². The van der Waals surface area contributed by atoms with Gasteiger partial charge in [0.1, 0.15) is 17.3 Å². The molecule has 5 nitrogen and oxygen atoms in total. The lowest BCUT2D eigenvalue weighted by Crippen LogP contribution is -2.24. The molecule has 0 fully saturated rings. The average Bonchev–Trinajstić information content (AvgIpc) is 2.71. The van der Waals surface area contributed by atoms with Crippen molar-refractivity contribution in [2.45, 2.75) is 13.8 Å². The van der Waals surface area contributed by atoms with Crippen molar-refractivity contribution in [1.29, 1.82) is 0 Å². The maximum atomic E-state index is 13.9. The minimum Gasteiger partial charge on any atom is -0.357 e. The molecule has 6 heteroatoms. The molecule has 1 heterocycles. The number of benzene rings is 2. The Hall–Kier alpha value is -3.28. The summed E-state index contributed by atoms with van der Waals surface area (Å²) in [5.74, 6) is 0.145. The first-order chi connectivity index (χ1) is 13.1. The summed E-state index contributed by atoms with van der Waals surface area (Å²) in [6.07, 6.45) is 0. The number of hydrogen-bond acceptors (Lipinski definition) is 4. The lowest BCUT2D eigenvalue weighted by atomic mass is 10.2.